The van der Waals surface area contributed by atoms with Crippen molar-refractivity contribution in [2.45, 2.75) is 4.90 Å². The molecule has 3 aromatic rings. The van der Waals surface area contributed by atoms with Crippen molar-refractivity contribution in [1.29, 1.82) is 0 Å². The highest BCUT2D eigenvalue weighted by molar-refractivity contribution is 7.92. The predicted octanol–water partition coefficient (Wildman–Crippen LogP) is 2.92. The molecule has 1 amide bonds. The van der Waals surface area contributed by atoms with Gasteiger partial charge >= 0.3 is 0 Å². The zero-order valence-electron chi connectivity index (χ0n) is 20.6. The molecule has 0 aliphatic heterocycles. The number of carbonyl (C=O) groups excluding carboxylic acids is 1. The van der Waals surface area contributed by atoms with Crippen LogP contribution in [0.15, 0.2) is 71.6 Å². The second-order valence-corrected chi connectivity index (χ2v) is 11.3. The monoisotopic (exact) mass is 549 g/mol. The number of ether oxygens (including phenoxy) is 3. The van der Waals surface area contributed by atoms with Gasteiger partial charge in [0.2, 0.25) is 15.9 Å². The third-order valence-corrected chi connectivity index (χ3v) is 7.67. The number of benzene rings is 3. The lowest BCUT2D eigenvalue weighted by Crippen LogP contribution is -2.37. The summed E-state index contributed by atoms with van der Waals surface area (Å²) in [5, 5.41) is 2.58. The molecule has 0 aliphatic carbocycles. The van der Waals surface area contributed by atoms with Gasteiger partial charge in [-0.15, -0.1) is 0 Å². The molecule has 198 valence electrons. The summed E-state index contributed by atoms with van der Waals surface area (Å²) in [6.45, 7) is -0.484. The molecule has 2 N–H and O–H groups in total. The van der Waals surface area contributed by atoms with E-state index in [2.05, 4.69) is 10.0 Å². The van der Waals surface area contributed by atoms with Crippen LogP contribution in [0.5, 0.6) is 17.2 Å². The van der Waals surface area contributed by atoms with Gasteiger partial charge in [0.25, 0.3) is 10.0 Å². The Morgan fingerprint density at radius 2 is 1.41 bits per heavy atom. The standard InChI is InChI=1S/C24H27N3O8S2/c1-33-19-9-7-18(8-10-19)27(36(4,29)30)16-24(28)25-17-5-12-21(13-6-17)37(31,32)26-22-15-20(34-2)11-14-23(22)35-3/h5-15,26H,16H2,1-4H3,(H,25,28). The Balaban J connectivity index is 1.73. The van der Waals surface area contributed by atoms with Crippen LogP contribution in [0.2, 0.25) is 0 Å². The zero-order valence-corrected chi connectivity index (χ0v) is 22.2. The van der Waals surface area contributed by atoms with Gasteiger partial charge < -0.3 is 19.5 Å². The van der Waals surface area contributed by atoms with E-state index in [0.29, 0.717) is 22.9 Å². The van der Waals surface area contributed by atoms with E-state index in [1.54, 1.807) is 24.3 Å². The Bertz CT molecular complexity index is 1460. The predicted molar refractivity (Wildman–Crippen MR) is 141 cm³/mol. The molecule has 0 bridgehead atoms. The van der Waals surface area contributed by atoms with Crippen LogP contribution in [0.3, 0.4) is 0 Å². The maximum absolute atomic E-state index is 12.9. The first kappa shape index (κ1) is 27.6. The van der Waals surface area contributed by atoms with Crippen molar-refractivity contribution in [2.24, 2.45) is 0 Å². The summed E-state index contributed by atoms with van der Waals surface area (Å²) in [7, 11) is -3.40. The van der Waals surface area contributed by atoms with E-state index >= 15 is 0 Å². The van der Waals surface area contributed by atoms with Crippen LogP contribution in [0, 0.1) is 0 Å². The van der Waals surface area contributed by atoms with E-state index in [1.165, 1.54) is 63.8 Å². The number of methoxy groups -OCH3 is 3. The Morgan fingerprint density at radius 1 is 0.811 bits per heavy atom. The van der Waals surface area contributed by atoms with Crippen molar-refractivity contribution in [3.05, 3.63) is 66.7 Å². The molecule has 3 rings (SSSR count). The summed E-state index contributed by atoms with van der Waals surface area (Å²) in [6, 6.07) is 16.3. The molecule has 37 heavy (non-hydrogen) atoms. The Morgan fingerprint density at radius 3 is 1.95 bits per heavy atom. The van der Waals surface area contributed by atoms with E-state index in [0.717, 1.165) is 10.6 Å². The molecule has 0 unspecified atom stereocenters. The van der Waals surface area contributed by atoms with Crippen LogP contribution in [-0.2, 0) is 24.8 Å². The van der Waals surface area contributed by atoms with Crippen molar-refractivity contribution < 1.29 is 35.8 Å². The van der Waals surface area contributed by atoms with E-state index in [4.69, 9.17) is 14.2 Å². The third-order valence-electron chi connectivity index (χ3n) is 5.15. The average Bonchev–Trinajstić information content (AvgIpc) is 2.86. The van der Waals surface area contributed by atoms with E-state index in [9.17, 15) is 21.6 Å². The van der Waals surface area contributed by atoms with Gasteiger partial charge in [-0.25, -0.2) is 16.8 Å². The van der Waals surface area contributed by atoms with Gasteiger partial charge in [0, 0.05) is 11.8 Å². The summed E-state index contributed by atoms with van der Waals surface area (Å²) >= 11 is 0. The van der Waals surface area contributed by atoms with Crippen LogP contribution < -0.4 is 28.6 Å². The lowest BCUT2D eigenvalue weighted by atomic mass is 10.3. The summed E-state index contributed by atoms with van der Waals surface area (Å²) in [4.78, 5) is 12.6. The highest BCUT2D eigenvalue weighted by atomic mass is 32.2. The number of anilines is 3. The number of hydrogen-bond acceptors (Lipinski definition) is 8. The molecular formula is C24H27N3O8S2. The first-order valence-corrected chi connectivity index (χ1v) is 14.1. The van der Waals surface area contributed by atoms with Crippen LogP contribution in [0.25, 0.3) is 0 Å². The Kier molecular flexibility index (Phi) is 8.50. The van der Waals surface area contributed by atoms with Gasteiger partial charge in [0.1, 0.15) is 23.8 Å². The average molecular weight is 550 g/mol. The highest BCUT2D eigenvalue weighted by Gasteiger charge is 2.22. The number of carbonyl (C=O) groups is 1. The van der Waals surface area contributed by atoms with Gasteiger partial charge in [-0.2, -0.15) is 0 Å². The second kappa shape index (κ2) is 11.4. The number of nitrogens with zero attached hydrogens (tertiary/aromatic N) is 1. The number of amides is 1. The number of rotatable bonds is 11. The van der Waals surface area contributed by atoms with Crippen molar-refractivity contribution >= 4 is 43.0 Å². The largest absolute Gasteiger partial charge is 0.497 e. The highest BCUT2D eigenvalue weighted by Crippen LogP contribution is 2.31. The maximum Gasteiger partial charge on any atom is 0.262 e. The molecule has 0 aromatic heterocycles. The number of hydrogen-bond donors (Lipinski definition) is 2. The fraction of sp³-hybridized carbons (Fsp3) is 0.208. The van der Waals surface area contributed by atoms with Gasteiger partial charge in [-0.3, -0.25) is 13.8 Å². The van der Waals surface area contributed by atoms with Crippen molar-refractivity contribution in [2.75, 3.05) is 48.5 Å². The van der Waals surface area contributed by atoms with E-state index in [1.807, 2.05) is 0 Å². The molecular weight excluding hydrogens is 522 g/mol. The molecule has 0 fully saturated rings. The fourth-order valence-corrected chi connectivity index (χ4v) is 5.21. The summed E-state index contributed by atoms with van der Waals surface area (Å²) in [5.41, 5.74) is 0.767. The second-order valence-electron chi connectivity index (χ2n) is 7.71. The quantitative estimate of drug-likeness (QED) is 0.372. The Labute approximate surface area is 216 Å². The molecule has 3 aromatic carbocycles. The molecule has 0 atom stereocenters. The molecule has 13 heteroatoms. The Hall–Kier alpha value is -3.97. The first-order valence-electron chi connectivity index (χ1n) is 10.7. The third kappa shape index (κ3) is 7.05. The normalized spacial score (nSPS) is 11.4. The first-order chi connectivity index (χ1) is 17.5. The molecule has 11 nitrogen and oxygen atoms in total. The SMILES string of the molecule is COc1ccc(N(CC(=O)Nc2ccc(S(=O)(=O)Nc3cc(OC)ccc3OC)cc2)S(C)(=O)=O)cc1. The minimum atomic E-state index is -3.99. The van der Waals surface area contributed by atoms with Crippen molar-refractivity contribution in [1.82, 2.24) is 0 Å². The van der Waals surface area contributed by atoms with Gasteiger partial charge in [0.15, 0.2) is 0 Å². The zero-order chi connectivity index (χ0) is 27.2. The molecule has 0 aliphatic rings. The summed E-state index contributed by atoms with van der Waals surface area (Å²) < 4.78 is 69.2. The minimum Gasteiger partial charge on any atom is -0.497 e. The van der Waals surface area contributed by atoms with Crippen molar-refractivity contribution in [3.8, 4) is 17.2 Å². The minimum absolute atomic E-state index is 0.0635. The van der Waals surface area contributed by atoms with Gasteiger partial charge in [-0.1, -0.05) is 0 Å². The fourth-order valence-electron chi connectivity index (χ4n) is 3.29. The topological polar surface area (TPSA) is 140 Å². The molecule has 0 radical (unpaired) electrons. The number of sulfonamides is 2. The van der Waals surface area contributed by atoms with Gasteiger partial charge in [0.05, 0.1) is 43.9 Å². The smallest absolute Gasteiger partial charge is 0.262 e. The number of nitrogens with one attached hydrogen (secondary N) is 2. The summed E-state index contributed by atoms with van der Waals surface area (Å²) in [5.74, 6) is 0.669. The van der Waals surface area contributed by atoms with Crippen molar-refractivity contribution in [3.63, 3.8) is 0 Å². The van der Waals surface area contributed by atoms with Crippen LogP contribution in [-0.4, -0.2) is 56.9 Å². The molecule has 0 saturated heterocycles. The van der Waals surface area contributed by atoms with Crippen LogP contribution >= 0.6 is 0 Å². The molecule has 0 saturated carbocycles. The lowest BCUT2D eigenvalue weighted by Gasteiger charge is -2.22. The lowest BCUT2D eigenvalue weighted by molar-refractivity contribution is -0.114. The van der Waals surface area contributed by atoms with E-state index in [-0.39, 0.29) is 16.3 Å². The van der Waals surface area contributed by atoms with E-state index < -0.39 is 32.5 Å². The molecule has 0 spiro atoms. The van der Waals surface area contributed by atoms with Gasteiger partial charge in [-0.05, 0) is 60.7 Å². The van der Waals surface area contributed by atoms with Crippen LogP contribution in [0.4, 0.5) is 17.1 Å². The maximum atomic E-state index is 12.9. The summed E-state index contributed by atoms with van der Waals surface area (Å²) in [6.07, 6.45) is 0.995. The van der Waals surface area contributed by atoms with Crippen LogP contribution in [0.1, 0.15) is 0 Å². The molecule has 0 heterocycles.